The van der Waals surface area contributed by atoms with Gasteiger partial charge in [0.15, 0.2) is 0 Å². The first-order valence-corrected chi connectivity index (χ1v) is 6.80. The number of benzene rings is 1. The van der Waals surface area contributed by atoms with Crippen molar-refractivity contribution in [1.82, 2.24) is 15.1 Å². The maximum absolute atomic E-state index is 12.4. The fourth-order valence-corrected chi connectivity index (χ4v) is 2.31. The first-order chi connectivity index (χ1) is 9.74. The van der Waals surface area contributed by atoms with Crippen LogP contribution in [0.4, 0.5) is 0 Å². The molecule has 3 rings (SSSR count). The molecule has 0 unspecified atom stereocenters. The Kier molecular flexibility index (Phi) is 3.37. The molecule has 2 aromatic rings. The number of H-pyrrole nitrogens is 1. The summed E-state index contributed by atoms with van der Waals surface area (Å²) in [4.78, 5) is 14.2. The third-order valence-electron chi connectivity index (χ3n) is 3.60. The second-order valence-electron chi connectivity index (χ2n) is 5.08. The molecule has 0 atom stereocenters. The third kappa shape index (κ3) is 2.50. The van der Waals surface area contributed by atoms with Crippen molar-refractivity contribution < 1.29 is 4.79 Å². The minimum atomic E-state index is 0.0171. The number of nitrogens with one attached hydrogen (secondary N) is 1. The van der Waals surface area contributed by atoms with Crippen LogP contribution in [0, 0.1) is 0 Å². The van der Waals surface area contributed by atoms with E-state index in [9.17, 15) is 4.79 Å². The van der Waals surface area contributed by atoms with Crippen LogP contribution in [-0.2, 0) is 0 Å². The summed E-state index contributed by atoms with van der Waals surface area (Å²) in [5, 5.41) is 7.08. The van der Waals surface area contributed by atoms with Crippen LogP contribution in [0.1, 0.15) is 23.8 Å². The summed E-state index contributed by atoms with van der Waals surface area (Å²) in [5.74, 6) is 0.0171. The normalized spacial score (nSPS) is 15.1. The van der Waals surface area contributed by atoms with E-state index >= 15 is 0 Å². The molecular weight excluding hydrogens is 250 g/mol. The van der Waals surface area contributed by atoms with E-state index in [1.807, 2.05) is 41.3 Å². The molecule has 0 saturated carbocycles. The smallest absolute Gasteiger partial charge is 0.272 e. The standard InChI is InChI=1S/C16H17N3O/c1-12-7-9-19(10-8-12)16(20)15-11-14(17-18-15)13-5-3-2-4-6-13/h2-7,11H,8-10H2,1H3,(H,17,18). The highest BCUT2D eigenvalue weighted by atomic mass is 16.2. The molecule has 20 heavy (non-hydrogen) atoms. The molecule has 1 aliphatic heterocycles. The van der Waals surface area contributed by atoms with Gasteiger partial charge in [-0.05, 0) is 19.4 Å². The summed E-state index contributed by atoms with van der Waals surface area (Å²) in [6.45, 7) is 3.57. The number of rotatable bonds is 2. The van der Waals surface area contributed by atoms with Crippen molar-refractivity contribution in [2.75, 3.05) is 13.1 Å². The van der Waals surface area contributed by atoms with Gasteiger partial charge < -0.3 is 4.90 Å². The molecule has 1 aliphatic rings. The van der Waals surface area contributed by atoms with Crippen LogP contribution in [0.15, 0.2) is 48.0 Å². The van der Waals surface area contributed by atoms with Crippen LogP contribution in [0.2, 0.25) is 0 Å². The van der Waals surface area contributed by atoms with E-state index in [1.54, 1.807) is 0 Å². The van der Waals surface area contributed by atoms with Crippen molar-refractivity contribution in [1.29, 1.82) is 0 Å². The lowest BCUT2D eigenvalue weighted by Gasteiger charge is -2.24. The number of hydrogen-bond donors (Lipinski definition) is 1. The van der Waals surface area contributed by atoms with Crippen molar-refractivity contribution in [2.45, 2.75) is 13.3 Å². The minimum absolute atomic E-state index is 0.0171. The van der Waals surface area contributed by atoms with Crippen LogP contribution in [0.25, 0.3) is 11.3 Å². The quantitative estimate of drug-likeness (QED) is 0.851. The van der Waals surface area contributed by atoms with Gasteiger partial charge in [-0.2, -0.15) is 5.10 Å². The molecule has 1 aromatic heterocycles. The Balaban J connectivity index is 1.79. The molecule has 0 radical (unpaired) electrons. The number of aromatic amines is 1. The molecule has 0 aliphatic carbocycles. The molecule has 0 saturated heterocycles. The number of carbonyl (C=O) groups excluding carboxylic acids is 1. The molecule has 0 spiro atoms. The summed E-state index contributed by atoms with van der Waals surface area (Å²) in [5.41, 5.74) is 3.72. The second kappa shape index (κ2) is 5.33. The summed E-state index contributed by atoms with van der Waals surface area (Å²) < 4.78 is 0. The Hall–Kier alpha value is -2.36. The van der Waals surface area contributed by atoms with Gasteiger partial charge in [0.25, 0.3) is 5.91 Å². The van der Waals surface area contributed by atoms with Crippen molar-refractivity contribution in [3.05, 3.63) is 53.7 Å². The highest BCUT2D eigenvalue weighted by Gasteiger charge is 2.19. The van der Waals surface area contributed by atoms with Crippen molar-refractivity contribution >= 4 is 5.91 Å². The van der Waals surface area contributed by atoms with Gasteiger partial charge >= 0.3 is 0 Å². The molecular formula is C16H17N3O. The number of amides is 1. The van der Waals surface area contributed by atoms with Gasteiger partial charge in [-0.1, -0.05) is 42.0 Å². The van der Waals surface area contributed by atoms with Gasteiger partial charge in [-0.15, -0.1) is 0 Å². The Labute approximate surface area is 118 Å². The summed E-state index contributed by atoms with van der Waals surface area (Å²) in [6, 6.07) is 11.7. The van der Waals surface area contributed by atoms with E-state index in [2.05, 4.69) is 23.2 Å². The Morgan fingerprint density at radius 2 is 2.10 bits per heavy atom. The van der Waals surface area contributed by atoms with E-state index in [4.69, 9.17) is 0 Å². The van der Waals surface area contributed by atoms with E-state index in [0.717, 1.165) is 24.2 Å². The molecule has 1 aromatic carbocycles. The Morgan fingerprint density at radius 1 is 1.30 bits per heavy atom. The van der Waals surface area contributed by atoms with E-state index < -0.39 is 0 Å². The van der Waals surface area contributed by atoms with Gasteiger partial charge in [0.2, 0.25) is 0 Å². The van der Waals surface area contributed by atoms with Gasteiger partial charge in [0.1, 0.15) is 5.69 Å². The van der Waals surface area contributed by atoms with Crippen LogP contribution in [0.3, 0.4) is 0 Å². The van der Waals surface area contributed by atoms with Crippen LogP contribution in [0.5, 0.6) is 0 Å². The number of hydrogen-bond acceptors (Lipinski definition) is 2. The highest BCUT2D eigenvalue weighted by Crippen LogP contribution is 2.18. The fourth-order valence-electron chi connectivity index (χ4n) is 2.31. The zero-order chi connectivity index (χ0) is 13.9. The van der Waals surface area contributed by atoms with Crippen LogP contribution < -0.4 is 0 Å². The van der Waals surface area contributed by atoms with E-state index in [1.165, 1.54) is 5.57 Å². The number of aromatic nitrogens is 2. The number of carbonyl (C=O) groups is 1. The first-order valence-electron chi connectivity index (χ1n) is 6.80. The van der Waals surface area contributed by atoms with Crippen LogP contribution in [-0.4, -0.2) is 34.1 Å². The first kappa shape index (κ1) is 12.7. The molecule has 102 valence electrons. The molecule has 0 bridgehead atoms. The molecule has 0 fully saturated rings. The zero-order valence-corrected chi connectivity index (χ0v) is 11.5. The van der Waals surface area contributed by atoms with Crippen molar-refractivity contribution in [2.24, 2.45) is 0 Å². The minimum Gasteiger partial charge on any atom is -0.333 e. The van der Waals surface area contributed by atoms with E-state index in [0.29, 0.717) is 12.2 Å². The lowest BCUT2D eigenvalue weighted by atomic mass is 10.1. The Bertz CT molecular complexity index is 643. The average Bonchev–Trinajstić information content (AvgIpc) is 2.98. The van der Waals surface area contributed by atoms with Gasteiger partial charge in [-0.3, -0.25) is 9.89 Å². The summed E-state index contributed by atoms with van der Waals surface area (Å²) >= 11 is 0. The number of nitrogens with zero attached hydrogens (tertiary/aromatic N) is 2. The van der Waals surface area contributed by atoms with Crippen molar-refractivity contribution in [3.63, 3.8) is 0 Å². The van der Waals surface area contributed by atoms with Crippen LogP contribution >= 0.6 is 0 Å². The maximum Gasteiger partial charge on any atom is 0.272 e. The predicted octanol–water partition coefficient (Wildman–Crippen LogP) is 2.87. The molecule has 4 heteroatoms. The monoisotopic (exact) mass is 267 g/mol. The molecule has 1 amide bonds. The zero-order valence-electron chi connectivity index (χ0n) is 11.5. The van der Waals surface area contributed by atoms with Gasteiger partial charge in [0, 0.05) is 18.7 Å². The van der Waals surface area contributed by atoms with Crippen molar-refractivity contribution in [3.8, 4) is 11.3 Å². The Morgan fingerprint density at radius 3 is 2.80 bits per heavy atom. The molecule has 2 heterocycles. The SMILES string of the molecule is CC1=CCN(C(=O)c2cc(-c3ccccc3)n[nH]2)CC1. The molecule has 1 N–H and O–H groups in total. The molecule has 4 nitrogen and oxygen atoms in total. The predicted molar refractivity (Wildman–Crippen MR) is 78.3 cm³/mol. The fraction of sp³-hybridized carbons (Fsp3) is 0.250. The lowest BCUT2D eigenvalue weighted by molar-refractivity contribution is 0.0763. The largest absolute Gasteiger partial charge is 0.333 e. The summed E-state index contributed by atoms with van der Waals surface area (Å²) in [7, 11) is 0. The third-order valence-corrected chi connectivity index (χ3v) is 3.60. The summed E-state index contributed by atoms with van der Waals surface area (Å²) in [6.07, 6.45) is 3.06. The average molecular weight is 267 g/mol. The lowest BCUT2D eigenvalue weighted by Crippen LogP contribution is -2.34. The highest BCUT2D eigenvalue weighted by molar-refractivity contribution is 5.93. The second-order valence-corrected chi connectivity index (χ2v) is 5.08. The topological polar surface area (TPSA) is 49.0 Å². The van der Waals surface area contributed by atoms with E-state index in [-0.39, 0.29) is 5.91 Å². The van der Waals surface area contributed by atoms with Gasteiger partial charge in [0.05, 0.1) is 5.69 Å². The van der Waals surface area contributed by atoms with Gasteiger partial charge in [-0.25, -0.2) is 0 Å². The maximum atomic E-state index is 12.4.